The van der Waals surface area contributed by atoms with Gasteiger partial charge in [0.15, 0.2) is 0 Å². The first-order valence-corrected chi connectivity index (χ1v) is 8.55. The molecule has 0 bridgehead atoms. The summed E-state index contributed by atoms with van der Waals surface area (Å²) in [4.78, 5) is 11.0. The molecule has 1 aliphatic heterocycles. The predicted molar refractivity (Wildman–Crippen MR) is 75.3 cm³/mol. The molecule has 0 aromatic heterocycles. The quantitative estimate of drug-likeness (QED) is 0.741. The first kappa shape index (κ1) is 15.5. The Labute approximate surface area is 120 Å². The van der Waals surface area contributed by atoms with Crippen LogP contribution in [-0.4, -0.2) is 43.4 Å². The lowest BCUT2D eigenvalue weighted by atomic mass is 9.95. The molecule has 0 amide bonds. The molecule has 2 N–H and O–H groups in total. The van der Waals surface area contributed by atoms with Gasteiger partial charge >= 0.3 is 5.97 Å². The van der Waals surface area contributed by atoms with Crippen molar-refractivity contribution in [3.05, 3.63) is 12.2 Å². The van der Waals surface area contributed by atoms with Gasteiger partial charge in [0.05, 0.1) is 5.92 Å². The Morgan fingerprint density at radius 2 is 2.15 bits per heavy atom. The Hall–Kier alpha value is -0.920. The summed E-state index contributed by atoms with van der Waals surface area (Å²) in [6, 6.07) is 0. The van der Waals surface area contributed by atoms with E-state index in [1.807, 2.05) is 0 Å². The van der Waals surface area contributed by atoms with Crippen molar-refractivity contribution < 1.29 is 18.3 Å². The highest BCUT2D eigenvalue weighted by molar-refractivity contribution is 7.87. The number of aliphatic carboxylic acids is 1. The lowest BCUT2D eigenvalue weighted by Crippen LogP contribution is -2.48. The minimum absolute atomic E-state index is 0.0786. The van der Waals surface area contributed by atoms with E-state index >= 15 is 0 Å². The Balaban J connectivity index is 1.88. The molecule has 1 heterocycles. The average Bonchev–Trinajstić information content (AvgIpc) is 2.46. The molecule has 0 radical (unpaired) electrons. The fourth-order valence-corrected chi connectivity index (χ4v) is 4.09. The maximum Gasteiger partial charge on any atom is 0.307 e. The van der Waals surface area contributed by atoms with Crippen molar-refractivity contribution in [2.45, 2.75) is 32.1 Å². The molecule has 1 saturated heterocycles. The number of carboxylic acids is 1. The lowest BCUT2D eigenvalue weighted by molar-refractivity contribution is -0.142. The van der Waals surface area contributed by atoms with Crippen LogP contribution >= 0.6 is 0 Å². The molecular formula is C13H22N2O4S. The zero-order valence-corrected chi connectivity index (χ0v) is 12.3. The molecule has 114 valence electrons. The van der Waals surface area contributed by atoms with Crippen molar-refractivity contribution in [1.29, 1.82) is 0 Å². The summed E-state index contributed by atoms with van der Waals surface area (Å²) in [6.07, 6.45) is 8.25. The zero-order valence-electron chi connectivity index (χ0n) is 11.5. The summed E-state index contributed by atoms with van der Waals surface area (Å²) in [6.45, 7) is 0.916. The molecule has 6 nitrogen and oxygen atoms in total. The number of allylic oxidation sites excluding steroid dienone is 2. The van der Waals surface area contributed by atoms with Gasteiger partial charge in [-0.25, -0.2) is 4.72 Å². The SMILES string of the molecule is O=C(O)C1CCCN(S(=O)(=O)NCC2CC=CCC2)C1. The second-order valence-corrected chi connectivity index (χ2v) is 7.29. The minimum atomic E-state index is -3.55. The molecule has 2 unspecified atom stereocenters. The van der Waals surface area contributed by atoms with Crippen LogP contribution in [0.5, 0.6) is 0 Å². The van der Waals surface area contributed by atoms with Gasteiger partial charge in [0.25, 0.3) is 10.2 Å². The molecule has 1 fully saturated rings. The fraction of sp³-hybridized carbons (Fsp3) is 0.769. The molecule has 2 atom stereocenters. The fourth-order valence-electron chi connectivity index (χ4n) is 2.72. The van der Waals surface area contributed by atoms with E-state index in [0.29, 0.717) is 31.8 Å². The number of hydrogen-bond acceptors (Lipinski definition) is 3. The largest absolute Gasteiger partial charge is 0.481 e. The van der Waals surface area contributed by atoms with Crippen molar-refractivity contribution in [3.63, 3.8) is 0 Å². The van der Waals surface area contributed by atoms with Gasteiger partial charge in [-0.2, -0.15) is 12.7 Å². The van der Waals surface area contributed by atoms with Gasteiger partial charge in [0.2, 0.25) is 0 Å². The first-order valence-electron chi connectivity index (χ1n) is 7.11. The van der Waals surface area contributed by atoms with E-state index in [-0.39, 0.29) is 6.54 Å². The van der Waals surface area contributed by atoms with Crippen LogP contribution in [-0.2, 0) is 15.0 Å². The van der Waals surface area contributed by atoms with E-state index in [0.717, 1.165) is 19.3 Å². The number of nitrogens with zero attached hydrogens (tertiary/aromatic N) is 1. The number of carbonyl (C=O) groups is 1. The topological polar surface area (TPSA) is 86.7 Å². The van der Waals surface area contributed by atoms with E-state index in [2.05, 4.69) is 16.9 Å². The molecule has 1 aliphatic carbocycles. The van der Waals surface area contributed by atoms with Gasteiger partial charge in [-0.1, -0.05) is 12.2 Å². The maximum atomic E-state index is 12.2. The zero-order chi connectivity index (χ0) is 14.6. The Morgan fingerprint density at radius 1 is 1.35 bits per heavy atom. The van der Waals surface area contributed by atoms with E-state index in [1.165, 1.54) is 4.31 Å². The van der Waals surface area contributed by atoms with Crippen LogP contribution < -0.4 is 4.72 Å². The first-order chi connectivity index (χ1) is 9.49. The predicted octanol–water partition coefficient (Wildman–Crippen LogP) is 0.974. The van der Waals surface area contributed by atoms with E-state index < -0.39 is 22.1 Å². The molecule has 0 saturated carbocycles. The van der Waals surface area contributed by atoms with Gasteiger partial charge in [0, 0.05) is 19.6 Å². The van der Waals surface area contributed by atoms with Crippen LogP contribution in [0.25, 0.3) is 0 Å². The van der Waals surface area contributed by atoms with Gasteiger partial charge in [-0.05, 0) is 38.0 Å². The second-order valence-electron chi connectivity index (χ2n) is 5.54. The number of nitrogens with one attached hydrogen (secondary N) is 1. The maximum absolute atomic E-state index is 12.2. The van der Waals surface area contributed by atoms with Crippen LogP contribution in [0.15, 0.2) is 12.2 Å². The summed E-state index contributed by atoms with van der Waals surface area (Å²) < 4.78 is 28.3. The third-order valence-corrected chi connectivity index (χ3v) is 5.55. The van der Waals surface area contributed by atoms with E-state index in [1.54, 1.807) is 0 Å². The monoisotopic (exact) mass is 302 g/mol. The third kappa shape index (κ3) is 4.04. The standard InChI is InChI=1S/C13H22N2O4S/c16-13(17)12-7-4-8-15(10-12)20(18,19)14-9-11-5-2-1-3-6-11/h1-2,11-12,14H,3-10H2,(H,16,17). The lowest BCUT2D eigenvalue weighted by Gasteiger charge is -2.30. The summed E-state index contributed by atoms with van der Waals surface area (Å²) >= 11 is 0. The van der Waals surface area contributed by atoms with Gasteiger partial charge in [-0.15, -0.1) is 0 Å². The smallest absolute Gasteiger partial charge is 0.307 e. The van der Waals surface area contributed by atoms with Crippen molar-refractivity contribution in [2.24, 2.45) is 11.8 Å². The van der Waals surface area contributed by atoms with Crippen molar-refractivity contribution in [2.75, 3.05) is 19.6 Å². The highest BCUT2D eigenvalue weighted by atomic mass is 32.2. The summed E-state index contributed by atoms with van der Waals surface area (Å²) in [5, 5.41) is 9.01. The van der Waals surface area contributed by atoms with Gasteiger partial charge in [-0.3, -0.25) is 4.79 Å². The number of piperidine rings is 1. The van der Waals surface area contributed by atoms with E-state index in [9.17, 15) is 13.2 Å². The summed E-state index contributed by atoms with van der Waals surface area (Å²) in [5.41, 5.74) is 0. The molecule has 0 aromatic rings. The third-order valence-electron chi connectivity index (χ3n) is 4.01. The van der Waals surface area contributed by atoms with Crippen molar-refractivity contribution in [1.82, 2.24) is 9.03 Å². The normalized spacial score (nSPS) is 28.4. The number of carboxylic acid groups (broad SMARTS) is 1. The van der Waals surface area contributed by atoms with Gasteiger partial charge < -0.3 is 5.11 Å². The molecular weight excluding hydrogens is 280 g/mol. The summed E-state index contributed by atoms with van der Waals surface area (Å²) in [7, 11) is -3.55. The molecule has 2 aliphatic rings. The Kier molecular flexibility index (Phi) is 5.17. The highest BCUT2D eigenvalue weighted by Gasteiger charge is 2.32. The Morgan fingerprint density at radius 3 is 2.80 bits per heavy atom. The Bertz CT molecular complexity index is 475. The van der Waals surface area contributed by atoms with Crippen molar-refractivity contribution in [3.8, 4) is 0 Å². The number of rotatable bonds is 5. The van der Waals surface area contributed by atoms with Crippen LogP contribution in [0.1, 0.15) is 32.1 Å². The van der Waals surface area contributed by atoms with Crippen LogP contribution in [0.4, 0.5) is 0 Å². The minimum Gasteiger partial charge on any atom is -0.481 e. The average molecular weight is 302 g/mol. The molecule has 20 heavy (non-hydrogen) atoms. The molecule has 0 aromatic carbocycles. The summed E-state index contributed by atoms with van der Waals surface area (Å²) in [5.74, 6) is -1.16. The second kappa shape index (κ2) is 6.69. The van der Waals surface area contributed by atoms with Gasteiger partial charge in [0.1, 0.15) is 0 Å². The molecule has 0 spiro atoms. The van der Waals surface area contributed by atoms with Crippen LogP contribution in [0.2, 0.25) is 0 Å². The molecule has 2 rings (SSSR count). The van der Waals surface area contributed by atoms with Crippen LogP contribution in [0.3, 0.4) is 0 Å². The molecule has 7 heteroatoms. The van der Waals surface area contributed by atoms with Crippen LogP contribution in [0, 0.1) is 11.8 Å². The van der Waals surface area contributed by atoms with Crippen molar-refractivity contribution >= 4 is 16.2 Å². The van der Waals surface area contributed by atoms with E-state index in [4.69, 9.17) is 5.11 Å². The highest BCUT2D eigenvalue weighted by Crippen LogP contribution is 2.20. The number of hydrogen-bond donors (Lipinski definition) is 2.